The van der Waals surface area contributed by atoms with Gasteiger partial charge in [-0.25, -0.2) is 0 Å². The van der Waals surface area contributed by atoms with E-state index >= 15 is 0 Å². The molecule has 2 N–H and O–H groups in total. The van der Waals surface area contributed by atoms with Crippen LogP contribution in [0.4, 0.5) is 11.4 Å². The lowest BCUT2D eigenvalue weighted by Gasteiger charge is -2.24. The van der Waals surface area contributed by atoms with Crippen molar-refractivity contribution in [2.45, 2.75) is 20.4 Å². The highest BCUT2D eigenvalue weighted by Gasteiger charge is 2.08. The number of aryl methyl sites for hydroxylation is 1. The van der Waals surface area contributed by atoms with E-state index in [2.05, 4.69) is 43.0 Å². The van der Waals surface area contributed by atoms with Gasteiger partial charge in [0.25, 0.3) is 0 Å². The Kier molecular flexibility index (Phi) is 4.33. The second-order valence-electron chi connectivity index (χ2n) is 4.69. The van der Waals surface area contributed by atoms with Gasteiger partial charge in [-0.2, -0.15) is 0 Å². The van der Waals surface area contributed by atoms with Crippen LogP contribution in [0.15, 0.2) is 42.5 Å². The van der Waals surface area contributed by atoms with Gasteiger partial charge in [0.05, 0.1) is 0 Å². The van der Waals surface area contributed by atoms with Crippen LogP contribution >= 0.6 is 11.6 Å². The zero-order valence-corrected chi connectivity index (χ0v) is 12.1. The number of nitrogen functional groups attached to an aromatic ring is 1. The lowest BCUT2D eigenvalue weighted by atomic mass is 10.1. The monoisotopic (exact) mass is 274 g/mol. The SMILES string of the molecule is CCN(Cc1cc(Cl)ccc1N)c1ccc(C)cc1. The molecular weight excluding hydrogens is 256 g/mol. The van der Waals surface area contributed by atoms with Crippen LogP contribution in [0, 0.1) is 6.92 Å². The Labute approximate surface area is 119 Å². The Morgan fingerprint density at radius 1 is 1.11 bits per heavy atom. The summed E-state index contributed by atoms with van der Waals surface area (Å²) in [7, 11) is 0. The van der Waals surface area contributed by atoms with E-state index in [-0.39, 0.29) is 0 Å². The number of anilines is 2. The minimum atomic E-state index is 0.726. The number of halogens is 1. The highest BCUT2D eigenvalue weighted by Crippen LogP contribution is 2.23. The second kappa shape index (κ2) is 5.98. The van der Waals surface area contributed by atoms with Gasteiger partial charge in [-0.15, -0.1) is 0 Å². The first kappa shape index (κ1) is 13.8. The average Bonchev–Trinajstić information content (AvgIpc) is 2.41. The van der Waals surface area contributed by atoms with Crippen LogP contribution < -0.4 is 10.6 Å². The number of rotatable bonds is 4. The van der Waals surface area contributed by atoms with Gasteiger partial charge in [-0.1, -0.05) is 29.3 Å². The number of hydrogen-bond acceptors (Lipinski definition) is 2. The molecule has 0 aromatic heterocycles. The summed E-state index contributed by atoms with van der Waals surface area (Å²) in [6, 6.07) is 14.1. The van der Waals surface area contributed by atoms with E-state index in [1.165, 1.54) is 11.3 Å². The normalized spacial score (nSPS) is 10.5. The topological polar surface area (TPSA) is 29.3 Å². The molecule has 0 amide bonds. The maximum atomic E-state index is 6.04. The molecular formula is C16H19ClN2. The molecule has 0 radical (unpaired) electrons. The van der Waals surface area contributed by atoms with Crippen molar-refractivity contribution >= 4 is 23.0 Å². The van der Waals surface area contributed by atoms with Crippen LogP contribution in [0.2, 0.25) is 5.02 Å². The number of nitrogens with zero attached hydrogens (tertiary/aromatic N) is 1. The van der Waals surface area contributed by atoms with Gasteiger partial charge in [0.1, 0.15) is 0 Å². The summed E-state index contributed by atoms with van der Waals surface area (Å²) in [6.07, 6.45) is 0. The van der Waals surface area contributed by atoms with Gasteiger partial charge >= 0.3 is 0 Å². The Morgan fingerprint density at radius 2 is 1.79 bits per heavy atom. The van der Waals surface area contributed by atoms with Crippen molar-refractivity contribution < 1.29 is 0 Å². The second-order valence-corrected chi connectivity index (χ2v) is 5.13. The fourth-order valence-electron chi connectivity index (χ4n) is 2.06. The Morgan fingerprint density at radius 3 is 2.42 bits per heavy atom. The zero-order chi connectivity index (χ0) is 13.8. The first-order valence-corrected chi connectivity index (χ1v) is 6.83. The van der Waals surface area contributed by atoms with Gasteiger partial charge in [-0.05, 0) is 49.7 Å². The predicted molar refractivity (Wildman–Crippen MR) is 83.8 cm³/mol. The Balaban J connectivity index is 2.23. The van der Waals surface area contributed by atoms with Crippen molar-refractivity contribution in [2.24, 2.45) is 0 Å². The highest BCUT2D eigenvalue weighted by molar-refractivity contribution is 6.30. The molecule has 3 heteroatoms. The van der Waals surface area contributed by atoms with Crippen LogP contribution in [0.3, 0.4) is 0 Å². The van der Waals surface area contributed by atoms with Crippen LogP contribution in [-0.2, 0) is 6.54 Å². The fourth-order valence-corrected chi connectivity index (χ4v) is 2.25. The van der Waals surface area contributed by atoms with Crippen molar-refractivity contribution in [2.75, 3.05) is 17.2 Å². The molecule has 0 aliphatic rings. The smallest absolute Gasteiger partial charge is 0.0450 e. The highest BCUT2D eigenvalue weighted by atomic mass is 35.5. The van der Waals surface area contributed by atoms with Crippen molar-refractivity contribution in [3.05, 3.63) is 58.6 Å². The van der Waals surface area contributed by atoms with E-state index in [0.717, 1.165) is 29.4 Å². The van der Waals surface area contributed by atoms with Crippen LogP contribution in [0.1, 0.15) is 18.1 Å². The van der Waals surface area contributed by atoms with E-state index in [4.69, 9.17) is 17.3 Å². The predicted octanol–water partition coefficient (Wildman–Crippen LogP) is 4.26. The quantitative estimate of drug-likeness (QED) is 0.844. The maximum absolute atomic E-state index is 6.04. The van der Waals surface area contributed by atoms with Crippen LogP contribution in [0.25, 0.3) is 0 Å². The van der Waals surface area contributed by atoms with Crippen molar-refractivity contribution in [3.63, 3.8) is 0 Å². The standard InChI is InChI=1S/C16H19ClN2/c1-3-19(15-7-4-12(2)5-8-15)11-13-10-14(17)6-9-16(13)18/h4-10H,3,11,18H2,1-2H3. The van der Waals surface area contributed by atoms with Crippen molar-refractivity contribution in [1.82, 2.24) is 0 Å². The van der Waals surface area contributed by atoms with E-state index < -0.39 is 0 Å². The molecule has 0 fully saturated rings. The first-order chi connectivity index (χ1) is 9.10. The minimum Gasteiger partial charge on any atom is -0.398 e. The number of hydrogen-bond donors (Lipinski definition) is 1. The number of benzene rings is 2. The Bertz CT molecular complexity index is 549. The summed E-state index contributed by atoms with van der Waals surface area (Å²) in [4.78, 5) is 2.28. The summed E-state index contributed by atoms with van der Waals surface area (Å²) < 4.78 is 0. The van der Waals surface area contributed by atoms with Gasteiger partial charge < -0.3 is 10.6 Å². The molecule has 0 aliphatic heterocycles. The van der Waals surface area contributed by atoms with Gasteiger partial charge in [-0.3, -0.25) is 0 Å². The summed E-state index contributed by atoms with van der Waals surface area (Å²) >= 11 is 6.04. The molecule has 0 heterocycles. The third-order valence-electron chi connectivity index (χ3n) is 3.25. The average molecular weight is 275 g/mol. The molecule has 2 nitrogen and oxygen atoms in total. The fraction of sp³-hybridized carbons (Fsp3) is 0.250. The summed E-state index contributed by atoms with van der Waals surface area (Å²) in [5.41, 5.74) is 10.3. The van der Waals surface area contributed by atoms with Gasteiger partial charge in [0.15, 0.2) is 0 Å². The molecule has 19 heavy (non-hydrogen) atoms. The molecule has 0 bridgehead atoms. The largest absolute Gasteiger partial charge is 0.398 e. The lowest BCUT2D eigenvalue weighted by molar-refractivity contribution is 0.833. The molecule has 0 saturated heterocycles. The molecule has 2 rings (SSSR count). The first-order valence-electron chi connectivity index (χ1n) is 6.45. The molecule has 100 valence electrons. The number of nitrogens with two attached hydrogens (primary N) is 1. The maximum Gasteiger partial charge on any atom is 0.0450 e. The van der Waals surface area contributed by atoms with E-state index in [1.807, 2.05) is 18.2 Å². The molecule has 0 atom stereocenters. The lowest BCUT2D eigenvalue weighted by Crippen LogP contribution is -2.22. The molecule has 0 unspecified atom stereocenters. The third-order valence-corrected chi connectivity index (χ3v) is 3.48. The molecule has 2 aromatic rings. The molecule has 2 aromatic carbocycles. The van der Waals surface area contributed by atoms with Crippen LogP contribution in [-0.4, -0.2) is 6.54 Å². The van der Waals surface area contributed by atoms with Crippen LogP contribution in [0.5, 0.6) is 0 Å². The third kappa shape index (κ3) is 3.42. The van der Waals surface area contributed by atoms with E-state index in [0.29, 0.717) is 0 Å². The van der Waals surface area contributed by atoms with Crippen molar-refractivity contribution in [1.29, 1.82) is 0 Å². The van der Waals surface area contributed by atoms with E-state index in [1.54, 1.807) is 0 Å². The molecule has 0 saturated carbocycles. The Hall–Kier alpha value is -1.67. The molecule has 0 spiro atoms. The zero-order valence-electron chi connectivity index (χ0n) is 11.4. The van der Waals surface area contributed by atoms with Gasteiger partial charge in [0.2, 0.25) is 0 Å². The van der Waals surface area contributed by atoms with E-state index in [9.17, 15) is 0 Å². The van der Waals surface area contributed by atoms with Crippen molar-refractivity contribution in [3.8, 4) is 0 Å². The summed E-state index contributed by atoms with van der Waals surface area (Å²) in [5, 5.41) is 0.726. The minimum absolute atomic E-state index is 0.726. The van der Waals surface area contributed by atoms with Gasteiger partial charge in [0, 0.05) is 29.5 Å². The molecule has 0 aliphatic carbocycles. The summed E-state index contributed by atoms with van der Waals surface area (Å²) in [6.45, 7) is 5.93. The summed E-state index contributed by atoms with van der Waals surface area (Å²) in [5.74, 6) is 0.